The molecule has 2 saturated heterocycles. The highest BCUT2D eigenvalue weighted by Crippen LogP contribution is 2.34. The molecule has 8 heteroatoms. The topological polar surface area (TPSA) is 102 Å². The van der Waals surface area contributed by atoms with Gasteiger partial charge in [-0.05, 0) is 44.4 Å². The molecule has 0 aliphatic carbocycles. The zero-order chi connectivity index (χ0) is 22.1. The van der Waals surface area contributed by atoms with Gasteiger partial charge in [0.1, 0.15) is 11.3 Å². The van der Waals surface area contributed by atoms with Crippen LogP contribution in [0.5, 0.6) is 0 Å². The first-order valence-electron chi connectivity index (χ1n) is 11.3. The summed E-state index contributed by atoms with van der Waals surface area (Å²) in [5.41, 5.74) is 3.09. The molecular weight excluding hydrogens is 406 g/mol. The molecule has 2 aliphatic heterocycles. The van der Waals surface area contributed by atoms with Gasteiger partial charge in [0.05, 0.1) is 48.0 Å². The van der Waals surface area contributed by atoms with Gasteiger partial charge in [-0.1, -0.05) is 0 Å². The Bertz CT molecular complexity index is 1190. The van der Waals surface area contributed by atoms with E-state index in [4.69, 9.17) is 14.5 Å². The fourth-order valence-electron chi connectivity index (χ4n) is 4.83. The maximum atomic E-state index is 12.8. The summed E-state index contributed by atoms with van der Waals surface area (Å²) in [7, 11) is 0. The lowest BCUT2D eigenvalue weighted by atomic mass is 10.0. The number of imidazole rings is 1. The molecule has 0 spiro atoms. The Morgan fingerprint density at radius 2 is 2.22 bits per heavy atom. The van der Waals surface area contributed by atoms with E-state index in [0.717, 1.165) is 53.6 Å². The molecule has 3 unspecified atom stereocenters. The molecule has 2 aromatic heterocycles. The van der Waals surface area contributed by atoms with Crippen LogP contribution in [0.15, 0.2) is 24.4 Å². The Morgan fingerprint density at radius 3 is 3.00 bits per heavy atom. The van der Waals surface area contributed by atoms with Gasteiger partial charge in [0.15, 0.2) is 0 Å². The Labute approximate surface area is 186 Å². The van der Waals surface area contributed by atoms with Crippen molar-refractivity contribution >= 4 is 27.8 Å². The number of carbonyl (C=O) groups excluding carboxylic acids is 1. The Hall–Kier alpha value is -3.02. The van der Waals surface area contributed by atoms with Crippen molar-refractivity contribution in [3.63, 3.8) is 0 Å². The first-order chi connectivity index (χ1) is 15.6. The van der Waals surface area contributed by atoms with E-state index < -0.39 is 0 Å². The second kappa shape index (κ2) is 8.85. The predicted octanol–water partition coefficient (Wildman–Crippen LogP) is 2.89. The zero-order valence-electron chi connectivity index (χ0n) is 18.2. The average Bonchev–Trinajstić information content (AvgIpc) is 3.45. The second-order valence-corrected chi connectivity index (χ2v) is 8.80. The van der Waals surface area contributed by atoms with Crippen LogP contribution in [0.2, 0.25) is 0 Å². The number of ether oxygens (including phenoxy) is 2. The summed E-state index contributed by atoms with van der Waals surface area (Å²) >= 11 is 0. The van der Waals surface area contributed by atoms with Gasteiger partial charge in [0.2, 0.25) is 5.91 Å². The standard InChI is InChI=1S/C24H27N5O3/c1-15-8-18(5-7-32-15)29-22(10-23(30)27-12-17-4-6-31-14-17)28-21-13-26-20-3-2-16(11-25)9-19(20)24(21)29/h2-3,9,13,15,17-18H,4-8,10,12,14H2,1H3,(H,27,30). The molecule has 0 bridgehead atoms. The average molecular weight is 434 g/mol. The van der Waals surface area contributed by atoms with Crippen LogP contribution in [0.3, 0.4) is 0 Å². The van der Waals surface area contributed by atoms with Gasteiger partial charge in [0.25, 0.3) is 0 Å². The van der Waals surface area contributed by atoms with Crippen LogP contribution in [0, 0.1) is 17.2 Å². The number of carbonyl (C=O) groups is 1. The molecule has 2 aliphatic rings. The summed E-state index contributed by atoms with van der Waals surface area (Å²) in [5.74, 6) is 1.08. The van der Waals surface area contributed by atoms with Crippen LogP contribution in [0.4, 0.5) is 0 Å². The number of amides is 1. The lowest BCUT2D eigenvalue weighted by Crippen LogP contribution is -2.32. The number of nitrogens with zero attached hydrogens (tertiary/aromatic N) is 4. The van der Waals surface area contributed by atoms with E-state index in [-0.39, 0.29) is 24.5 Å². The van der Waals surface area contributed by atoms with E-state index in [9.17, 15) is 10.1 Å². The maximum Gasteiger partial charge on any atom is 0.227 e. The normalized spacial score (nSPS) is 23.4. The van der Waals surface area contributed by atoms with Gasteiger partial charge in [-0.2, -0.15) is 5.26 Å². The van der Waals surface area contributed by atoms with Gasteiger partial charge in [-0.3, -0.25) is 9.78 Å². The number of aromatic nitrogens is 3. The largest absolute Gasteiger partial charge is 0.381 e. The van der Waals surface area contributed by atoms with E-state index in [2.05, 4.69) is 27.9 Å². The number of hydrogen-bond acceptors (Lipinski definition) is 6. The van der Waals surface area contributed by atoms with Crippen molar-refractivity contribution in [3.8, 4) is 6.07 Å². The molecule has 3 atom stereocenters. The Kier molecular flexibility index (Phi) is 5.77. The highest BCUT2D eigenvalue weighted by atomic mass is 16.5. The van der Waals surface area contributed by atoms with Crippen LogP contribution in [-0.2, 0) is 20.7 Å². The van der Waals surface area contributed by atoms with Crippen molar-refractivity contribution in [2.75, 3.05) is 26.4 Å². The third-order valence-electron chi connectivity index (χ3n) is 6.47. The Balaban J connectivity index is 1.55. The van der Waals surface area contributed by atoms with E-state index in [1.807, 2.05) is 12.1 Å². The minimum Gasteiger partial charge on any atom is -0.381 e. The van der Waals surface area contributed by atoms with Gasteiger partial charge in [0, 0.05) is 37.1 Å². The zero-order valence-corrected chi connectivity index (χ0v) is 18.2. The number of pyridine rings is 1. The van der Waals surface area contributed by atoms with Crippen molar-refractivity contribution in [3.05, 3.63) is 35.8 Å². The maximum absolute atomic E-state index is 12.8. The summed E-state index contributed by atoms with van der Waals surface area (Å²) in [6, 6.07) is 7.91. The number of rotatable bonds is 5. The third kappa shape index (κ3) is 4.06. The van der Waals surface area contributed by atoms with Gasteiger partial charge >= 0.3 is 0 Å². The minimum absolute atomic E-state index is 0.0384. The van der Waals surface area contributed by atoms with Gasteiger partial charge < -0.3 is 19.4 Å². The molecule has 166 valence electrons. The van der Waals surface area contributed by atoms with Gasteiger partial charge in [-0.15, -0.1) is 0 Å². The molecule has 8 nitrogen and oxygen atoms in total. The summed E-state index contributed by atoms with van der Waals surface area (Å²) in [4.78, 5) is 22.2. The smallest absolute Gasteiger partial charge is 0.227 e. The lowest BCUT2D eigenvalue weighted by molar-refractivity contribution is -0.120. The molecule has 2 fully saturated rings. The fourth-order valence-corrected chi connectivity index (χ4v) is 4.83. The number of fused-ring (bicyclic) bond motifs is 3. The number of hydrogen-bond donors (Lipinski definition) is 1. The van der Waals surface area contributed by atoms with Crippen LogP contribution >= 0.6 is 0 Å². The van der Waals surface area contributed by atoms with Crippen molar-refractivity contribution in [2.45, 2.75) is 44.8 Å². The first-order valence-corrected chi connectivity index (χ1v) is 11.3. The molecule has 3 aromatic rings. The fraction of sp³-hybridized carbons (Fsp3) is 0.500. The molecule has 0 saturated carbocycles. The predicted molar refractivity (Wildman–Crippen MR) is 119 cm³/mol. The quantitative estimate of drug-likeness (QED) is 0.664. The van der Waals surface area contributed by atoms with Crippen molar-refractivity contribution in [1.82, 2.24) is 19.9 Å². The summed E-state index contributed by atoms with van der Waals surface area (Å²) < 4.78 is 13.4. The van der Waals surface area contributed by atoms with E-state index in [1.165, 1.54) is 0 Å². The molecule has 1 aromatic carbocycles. The molecule has 0 radical (unpaired) electrons. The van der Waals surface area contributed by atoms with Crippen LogP contribution in [0.25, 0.3) is 21.9 Å². The number of nitriles is 1. The second-order valence-electron chi connectivity index (χ2n) is 8.80. The van der Waals surface area contributed by atoms with E-state index >= 15 is 0 Å². The minimum atomic E-state index is -0.0384. The summed E-state index contributed by atoms with van der Waals surface area (Å²) in [5, 5.41) is 13.4. The number of nitrogens with one attached hydrogen (secondary N) is 1. The number of benzene rings is 1. The molecular formula is C24H27N5O3. The monoisotopic (exact) mass is 433 g/mol. The van der Waals surface area contributed by atoms with Crippen molar-refractivity contribution in [2.24, 2.45) is 5.92 Å². The lowest BCUT2D eigenvalue weighted by Gasteiger charge is -2.30. The highest BCUT2D eigenvalue weighted by molar-refractivity contribution is 6.03. The van der Waals surface area contributed by atoms with E-state index in [0.29, 0.717) is 31.2 Å². The first kappa shape index (κ1) is 20.9. The van der Waals surface area contributed by atoms with Crippen LogP contribution < -0.4 is 5.32 Å². The molecule has 1 N–H and O–H groups in total. The van der Waals surface area contributed by atoms with Gasteiger partial charge in [-0.25, -0.2) is 4.98 Å². The van der Waals surface area contributed by atoms with Crippen LogP contribution in [-0.4, -0.2) is 52.9 Å². The van der Waals surface area contributed by atoms with E-state index in [1.54, 1.807) is 12.3 Å². The molecule has 4 heterocycles. The molecule has 1 amide bonds. The summed E-state index contributed by atoms with van der Waals surface area (Å²) in [6.45, 7) is 4.85. The van der Waals surface area contributed by atoms with Crippen molar-refractivity contribution in [1.29, 1.82) is 5.26 Å². The molecule has 5 rings (SSSR count). The van der Waals surface area contributed by atoms with Crippen molar-refractivity contribution < 1.29 is 14.3 Å². The highest BCUT2D eigenvalue weighted by Gasteiger charge is 2.27. The van der Waals surface area contributed by atoms with Crippen LogP contribution in [0.1, 0.15) is 43.6 Å². The molecule has 32 heavy (non-hydrogen) atoms. The summed E-state index contributed by atoms with van der Waals surface area (Å²) in [6.07, 6.45) is 4.79. The third-order valence-corrected chi connectivity index (χ3v) is 6.47. The SMILES string of the molecule is CC1CC(n2c(CC(=O)NCC3CCOC3)nc3cnc4ccc(C#N)cc4c32)CCO1. The Morgan fingerprint density at radius 1 is 1.31 bits per heavy atom.